The van der Waals surface area contributed by atoms with Crippen LogP contribution in [0.25, 0.3) is 0 Å². The van der Waals surface area contributed by atoms with E-state index >= 15 is 0 Å². The molecule has 6 nitrogen and oxygen atoms in total. The first-order chi connectivity index (χ1) is 15.3. The molecule has 32 heavy (non-hydrogen) atoms. The summed E-state index contributed by atoms with van der Waals surface area (Å²) in [6.45, 7) is 1.70. The Morgan fingerprint density at radius 3 is 2.31 bits per heavy atom. The van der Waals surface area contributed by atoms with Gasteiger partial charge in [-0.3, -0.25) is 4.79 Å². The largest absolute Gasteiger partial charge is 0.272 e. The van der Waals surface area contributed by atoms with Crippen molar-refractivity contribution >= 4 is 33.7 Å². The normalized spacial score (nSPS) is 11.7. The molecule has 0 aliphatic carbocycles. The van der Waals surface area contributed by atoms with E-state index in [1.54, 1.807) is 48.5 Å². The van der Waals surface area contributed by atoms with Crippen LogP contribution in [0.3, 0.4) is 0 Å². The third-order valence-electron chi connectivity index (χ3n) is 4.74. The second kappa shape index (κ2) is 11.0. The number of aryl methyl sites for hydroxylation is 1. The lowest BCUT2D eigenvalue weighted by Gasteiger charge is -2.21. The van der Waals surface area contributed by atoms with Crippen molar-refractivity contribution in [2.45, 2.75) is 18.2 Å². The first kappa shape index (κ1) is 23.7. The van der Waals surface area contributed by atoms with Crippen LogP contribution >= 0.6 is 11.6 Å². The molecule has 0 saturated heterocycles. The molecule has 0 aliphatic heterocycles. The molecule has 0 fully saturated rings. The number of benzene rings is 3. The minimum absolute atomic E-state index is 0.147. The van der Waals surface area contributed by atoms with Gasteiger partial charge in [-0.1, -0.05) is 71.8 Å². The molecule has 0 aliphatic rings. The molecular weight excluding hydrogens is 446 g/mol. The Balaban J connectivity index is 1.72. The average molecular weight is 470 g/mol. The van der Waals surface area contributed by atoms with Crippen molar-refractivity contribution in [2.24, 2.45) is 5.10 Å². The summed E-state index contributed by atoms with van der Waals surface area (Å²) in [5.74, 6) is -0.529. The molecule has 0 atom stereocenters. The van der Waals surface area contributed by atoms with Crippen LogP contribution in [-0.4, -0.2) is 37.9 Å². The lowest BCUT2D eigenvalue weighted by Crippen LogP contribution is -2.40. The maximum atomic E-state index is 13.2. The molecule has 8 heteroatoms. The predicted octanol–water partition coefficient (Wildman–Crippen LogP) is 4.03. The Morgan fingerprint density at radius 2 is 1.66 bits per heavy atom. The van der Waals surface area contributed by atoms with E-state index in [1.165, 1.54) is 10.5 Å². The smallest absolute Gasteiger partial charge is 0.255 e. The van der Waals surface area contributed by atoms with Gasteiger partial charge in [0.25, 0.3) is 5.91 Å². The van der Waals surface area contributed by atoms with Crippen LogP contribution in [0.4, 0.5) is 0 Å². The van der Waals surface area contributed by atoms with Gasteiger partial charge in [-0.05, 0) is 48.7 Å². The number of hydrogen-bond donors (Lipinski definition) is 1. The van der Waals surface area contributed by atoms with Crippen molar-refractivity contribution < 1.29 is 13.2 Å². The molecule has 0 saturated carbocycles. The maximum absolute atomic E-state index is 13.2. The van der Waals surface area contributed by atoms with Gasteiger partial charge in [-0.25, -0.2) is 13.8 Å². The quantitative estimate of drug-likeness (QED) is 0.379. The highest BCUT2D eigenvalue weighted by atomic mass is 35.5. The topological polar surface area (TPSA) is 78.8 Å². The number of halogens is 1. The highest BCUT2D eigenvalue weighted by Crippen LogP contribution is 2.17. The minimum atomic E-state index is -3.86. The number of carbonyl (C=O) groups is 1. The van der Waals surface area contributed by atoms with Crippen LogP contribution in [-0.2, 0) is 21.2 Å². The molecule has 1 N–H and O–H groups in total. The van der Waals surface area contributed by atoms with Gasteiger partial charge in [0.15, 0.2) is 0 Å². The van der Waals surface area contributed by atoms with Crippen LogP contribution in [0.1, 0.15) is 16.7 Å². The number of hydrogen-bond acceptors (Lipinski definition) is 4. The number of nitrogens with zero attached hydrogens (tertiary/aromatic N) is 2. The van der Waals surface area contributed by atoms with Crippen molar-refractivity contribution in [1.82, 2.24) is 9.73 Å². The van der Waals surface area contributed by atoms with E-state index in [0.717, 1.165) is 16.7 Å². The van der Waals surface area contributed by atoms with Crippen molar-refractivity contribution in [3.8, 4) is 0 Å². The SMILES string of the molecule is Cc1ccc(S(=O)(=O)N(CCc2ccccc2)CC(=O)N/N=C\c2ccc(Cl)cc2)cc1. The van der Waals surface area contributed by atoms with Crippen LogP contribution in [0.2, 0.25) is 5.02 Å². The molecule has 0 aromatic heterocycles. The molecule has 1 amide bonds. The molecule has 0 heterocycles. The zero-order valence-corrected chi connectivity index (χ0v) is 19.2. The summed E-state index contributed by atoms with van der Waals surface area (Å²) in [4.78, 5) is 12.6. The Hall–Kier alpha value is -3.00. The highest BCUT2D eigenvalue weighted by Gasteiger charge is 2.26. The van der Waals surface area contributed by atoms with Crippen molar-refractivity contribution in [1.29, 1.82) is 0 Å². The maximum Gasteiger partial charge on any atom is 0.255 e. The molecule has 0 unspecified atom stereocenters. The van der Waals surface area contributed by atoms with E-state index in [9.17, 15) is 13.2 Å². The van der Waals surface area contributed by atoms with E-state index in [2.05, 4.69) is 10.5 Å². The lowest BCUT2D eigenvalue weighted by molar-refractivity contribution is -0.121. The monoisotopic (exact) mass is 469 g/mol. The van der Waals surface area contributed by atoms with Gasteiger partial charge in [0.05, 0.1) is 17.7 Å². The summed E-state index contributed by atoms with van der Waals surface area (Å²) in [6.07, 6.45) is 1.95. The summed E-state index contributed by atoms with van der Waals surface area (Å²) >= 11 is 5.85. The van der Waals surface area contributed by atoms with E-state index in [0.29, 0.717) is 11.4 Å². The zero-order valence-electron chi connectivity index (χ0n) is 17.6. The van der Waals surface area contributed by atoms with Crippen molar-refractivity contribution in [3.05, 3.63) is 101 Å². The standard InChI is InChI=1S/C24H24ClN3O3S/c1-19-7-13-23(14-8-19)32(30,31)28(16-15-20-5-3-2-4-6-20)18-24(29)27-26-17-21-9-11-22(25)12-10-21/h2-14,17H,15-16,18H2,1H3,(H,27,29)/b26-17-. The number of amides is 1. The predicted molar refractivity (Wildman–Crippen MR) is 127 cm³/mol. The van der Waals surface area contributed by atoms with Gasteiger partial charge >= 0.3 is 0 Å². The first-order valence-electron chi connectivity index (χ1n) is 10.0. The Kier molecular flexibility index (Phi) is 8.16. The third-order valence-corrected chi connectivity index (χ3v) is 6.86. The Bertz CT molecular complexity index is 1160. The molecule has 3 aromatic carbocycles. The highest BCUT2D eigenvalue weighted by molar-refractivity contribution is 7.89. The fourth-order valence-electron chi connectivity index (χ4n) is 2.97. The van der Waals surface area contributed by atoms with Gasteiger partial charge in [0, 0.05) is 11.6 Å². The van der Waals surface area contributed by atoms with Crippen LogP contribution < -0.4 is 5.43 Å². The number of hydrazone groups is 1. The fraction of sp³-hybridized carbons (Fsp3) is 0.167. The van der Waals surface area contributed by atoms with Gasteiger partial charge in [0.2, 0.25) is 10.0 Å². The molecule has 0 bridgehead atoms. The zero-order chi connectivity index (χ0) is 23.0. The summed E-state index contributed by atoms with van der Waals surface area (Å²) in [5.41, 5.74) is 5.09. The van der Waals surface area contributed by atoms with Crippen LogP contribution in [0, 0.1) is 6.92 Å². The average Bonchev–Trinajstić information content (AvgIpc) is 2.79. The number of carbonyl (C=O) groups excluding carboxylic acids is 1. The number of nitrogens with one attached hydrogen (secondary N) is 1. The Labute approximate surface area is 193 Å². The number of sulfonamides is 1. The summed E-state index contributed by atoms with van der Waals surface area (Å²) < 4.78 is 27.6. The van der Waals surface area contributed by atoms with Gasteiger partial charge in [0.1, 0.15) is 0 Å². The van der Waals surface area contributed by atoms with Gasteiger partial charge in [-0.2, -0.15) is 9.41 Å². The molecule has 0 spiro atoms. The molecular formula is C24H24ClN3O3S. The van der Waals surface area contributed by atoms with E-state index in [-0.39, 0.29) is 18.0 Å². The summed E-state index contributed by atoms with van der Waals surface area (Å²) in [5, 5.41) is 4.52. The van der Waals surface area contributed by atoms with E-state index < -0.39 is 15.9 Å². The van der Waals surface area contributed by atoms with Gasteiger partial charge in [-0.15, -0.1) is 0 Å². The van der Waals surface area contributed by atoms with Crippen molar-refractivity contribution in [3.63, 3.8) is 0 Å². The van der Waals surface area contributed by atoms with E-state index in [1.807, 2.05) is 37.3 Å². The summed E-state index contributed by atoms with van der Waals surface area (Å²) in [6, 6.07) is 23.0. The Morgan fingerprint density at radius 1 is 1.00 bits per heavy atom. The van der Waals surface area contributed by atoms with Crippen LogP contribution in [0.15, 0.2) is 88.9 Å². The second-order valence-corrected chi connectivity index (χ2v) is 9.61. The summed E-state index contributed by atoms with van der Waals surface area (Å²) in [7, 11) is -3.86. The first-order valence-corrected chi connectivity index (χ1v) is 11.8. The molecule has 3 rings (SSSR count). The van der Waals surface area contributed by atoms with E-state index in [4.69, 9.17) is 11.6 Å². The lowest BCUT2D eigenvalue weighted by atomic mass is 10.1. The minimum Gasteiger partial charge on any atom is -0.272 e. The molecule has 3 aromatic rings. The van der Waals surface area contributed by atoms with Gasteiger partial charge < -0.3 is 0 Å². The second-order valence-electron chi connectivity index (χ2n) is 7.23. The molecule has 0 radical (unpaired) electrons. The molecule has 166 valence electrons. The van der Waals surface area contributed by atoms with Crippen molar-refractivity contribution in [2.75, 3.05) is 13.1 Å². The number of rotatable bonds is 9. The fourth-order valence-corrected chi connectivity index (χ4v) is 4.49. The van der Waals surface area contributed by atoms with Crippen LogP contribution in [0.5, 0.6) is 0 Å². The third kappa shape index (κ3) is 6.75.